The summed E-state index contributed by atoms with van der Waals surface area (Å²) in [5.74, 6) is 0.175. The van der Waals surface area contributed by atoms with E-state index in [1.165, 1.54) is 22.3 Å². The van der Waals surface area contributed by atoms with Crippen LogP contribution in [0.4, 0.5) is 4.79 Å². The van der Waals surface area contributed by atoms with E-state index in [9.17, 15) is 4.79 Å². The Balaban J connectivity index is 1.90. The number of hydrogen-bond donors (Lipinski definition) is 0. The minimum Gasteiger partial charge on any atom is -0.444 e. The molecule has 1 aromatic rings. The Hall–Kier alpha value is -1.81. The quantitative estimate of drug-likeness (QED) is 0.740. The van der Waals surface area contributed by atoms with Gasteiger partial charge in [0.05, 0.1) is 18.8 Å². The second-order valence-corrected chi connectivity index (χ2v) is 8.65. The highest BCUT2D eigenvalue weighted by molar-refractivity contribution is 5.69. The number of allylic oxidation sites excluding steroid dienone is 1. The maximum atomic E-state index is 12.5. The Morgan fingerprint density at radius 2 is 2.08 bits per heavy atom. The van der Waals surface area contributed by atoms with Crippen LogP contribution in [-0.4, -0.2) is 35.3 Å². The number of carbonyl (C=O) groups excluding carboxylic acids is 1. The first-order valence-corrected chi connectivity index (χ1v) is 8.98. The van der Waals surface area contributed by atoms with Gasteiger partial charge in [-0.3, -0.25) is 0 Å². The summed E-state index contributed by atoms with van der Waals surface area (Å²) in [6.07, 6.45) is 1.94. The van der Waals surface area contributed by atoms with Gasteiger partial charge in [-0.25, -0.2) is 4.79 Å². The lowest BCUT2D eigenvalue weighted by atomic mass is 9.80. The fourth-order valence-corrected chi connectivity index (χ4v) is 3.81. The van der Waals surface area contributed by atoms with Crippen LogP contribution in [0.3, 0.4) is 0 Å². The molecule has 1 amide bonds. The van der Waals surface area contributed by atoms with Crippen molar-refractivity contribution in [3.63, 3.8) is 0 Å². The predicted octanol–water partition coefficient (Wildman–Crippen LogP) is 4.73. The summed E-state index contributed by atoms with van der Waals surface area (Å²) >= 11 is 0. The Morgan fingerprint density at radius 3 is 2.72 bits per heavy atom. The standard InChI is InChI=1S/C21H29NO3/c1-14(2)10-15-8-7-9-16-17(15)12-24-21(6)13-22(11-18(16)21)19(23)25-20(3,4)5/h7-10,18H,11-13H2,1-6H3/t18-,21-/m0/s1. The van der Waals surface area contributed by atoms with E-state index in [0.717, 1.165) is 0 Å². The van der Waals surface area contributed by atoms with Crippen LogP contribution >= 0.6 is 0 Å². The van der Waals surface area contributed by atoms with E-state index in [2.05, 4.69) is 45.0 Å². The zero-order valence-electron chi connectivity index (χ0n) is 16.2. The third-order valence-corrected chi connectivity index (χ3v) is 4.91. The maximum absolute atomic E-state index is 12.5. The van der Waals surface area contributed by atoms with Gasteiger partial charge < -0.3 is 14.4 Å². The Bertz CT molecular complexity index is 712. The molecule has 2 atom stereocenters. The number of carbonyl (C=O) groups is 1. The van der Waals surface area contributed by atoms with Gasteiger partial charge in [0.15, 0.2) is 0 Å². The second-order valence-electron chi connectivity index (χ2n) is 8.65. The second kappa shape index (κ2) is 6.17. The van der Waals surface area contributed by atoms with Gasteiger partial charge in [-0.05, 0) is 58.2 Å². The summed E-state index contributed by atoms with van der Waals surface area (Å²) in [4.78, 5) is 14.3. The molecular weight excluding hydrogens is 314 g/mol. The minimum atomic E-state index is -0.485. The largest absolute Gasteiger partial charge is 0.444 e. The number of rotatable bonds is 1. The van der Waals surface area contributed by atoms with Gasteiger partial charge in [-0.15, -0.1) is 0 Å². The van der Waals surface area contributed by atoms with Crippen molar-refractivity contribution in [2.45, 2.75) is 65.3 Å². The number of benzene rings is 1. The van der Waals surface area contributed by atoms with Gasteiger partial charge in [-0.1, -0.05) is 29.8 Å². The molecule has 1 aromatic carbocycles. The molecule has 25 heavy (non-hydrogen) atoms. The average molecular weight is 343 g/mol. The Kier molecular flexibility index (Phi) is 4.44. The predicted molar refractivity (Wildman–Crippen MR) is 99.5 cm³/mol. The van der Waals surface area contributed by atoms with Crippen LogP contribution in [0.2, 0.25) is 0 Å². The van der Waals surface area contributed by atoms with Crippen LogP contribution in [0, 0.1) is 0 Å². The number of hydrogen-bond acceptors (Lipinski definition) is 3. The van der Waals surface area contributed by atoms with E-state index in [-0.39, 0.29) is 17.6 Å². The van der Waals surface area contributed by atoms with E-state index >= 15 is 0 Å². The molecule has 0 aliphatic carbocycles. The van der Waals surface area contributed by atoms with Crippen molar-refractivity contribution in [1.82, 2.24) is 4.90 Å². The molecule has 2 aliphatic rings. The SMILES string of the molecule is CC(C)=Cc1cccc2c1CO[C@@]1(C)CN(C(=O)OC(C)(C)C)C[C@@H]21. The molecule has 4 nitrogen and oxygen atoms in total. The fourth-order valence-electron chi connectivity index (χ4n) is 3.81. The van der Waals surface area contributed by atoms with Gasteiger partial charge in [-0.2, -0.15) is 0 Å². The molecule has 0 saturated carbocycles. The molecule has 136 valence electrons. The van der Waals surface area contributed by atoms with Crippen molar-refractivity contribution >= 4 is 12.2 Å². The number of nitrogens with zero attached hydrogens (tertiary/aromatic N) is 1. The maximum Gasteiger partial charge on any atom is 0.410 e. The zero-order chi connectivity index (χ0) is 18.4. The zero-order valence-corrected chi connectivity index (χ0v) is 16.2. The smallest absolute Gasteiger partial charge is 0.410 e. The van der Waals surface area contributed by atoms with Gasteiger partial charge in [0, 0.05) is 12.5 Å². The van der Waals surface area contributed by atoms with Crippen LogP contribution in [0.25, 0.3) is 6.08 Å². The number of amides is 1. The van der Waals surface area contributed by atoms with Gasteiger partial charge in [0.2, 0.25) is 0 Å². The summed E-state index contributed by atoms with van der Waals surface area (Å²) in [5.41, 5.74) is 4.19. The molecule has 2 aliphatic heterocycles. The molecule has 0 spiro atoms. The molecule has 1 saturated heterocycles. The van der Waals surface area contributed by atoms with E-state index in [1.54, 1.807) is 4.90 Å². The highest BCUT2D eigenvalue weighted by atomic mass is 16.6. The molecule has 2 heterocycles. The normalized spacial score (nSPS) is 25.2. The first-order chi connectivity index (χ1) is 11.6. The Morgan fingerprint density at radius 1 is 1.36 bits per heavy atom. The topological polar surface area (TPSA) is 38.8 Å². The van der Waals surface area contributed by atoms with Crippen LogP contribution in [-0.2, 0) is 16.1 Å². The molecule has 1 fully saturated rings. The van der Waals surface area contributed by atoms with Crippen molar-refractivity contribution in [3.05, 3.63) is 40.5 Å². The number of ether oxygens (including phenoxy) is 2. The third-order valence-electron chi connectivity index (χ3n) is 4.91. The van der Waals surface area contributed by atoms with Gasteiger partial charge in [0.1, 0.15) is 5.60 Å². The molecule has 0 bridgehead atoms. The Labute approximate surface area is 150 Å². The van der Waals surface area contributed by atoms with E-state index < -0.39 is 5.60 Å². The van der Waals surface area contributed by atoms with Gasteiger partial charge >= 0.3 is 6.09 Å². The fraction of sp³-hybridized carbons (Fsp3) is 0.571. The van der Waals surface area contributed by atoms with Crippen molar-refractivity contribution < 1.29 is 14.3 Å². The average Bonchev–Trinajstić information content (AvgIpc) is 2.83. The molecular formula is C21H29NO3. The van der Waals surface area contributed by atoms with Crippen LogP contribution in [0.5, 0.6) is 0 Å². The van der Waals surface area contributed by atoms with E-state index in [4.69, 9.17) is 9.47 Å². The molecule has 3 rings (SSSR count). The van der Waals surface area contributed by atoms with E-state index in [1.807, 2.05) is 20.8 Å². The number of fused-ring (bicyclic) bond motifs is 3. The highest BCUT2D eigenvalue weighted by Crippen LogP contribution is 2.45. The molecule has 0 radical (unpaired) electrons. The van der Waals surface area contributed by atoms with Crippen LogP contribution < -0.4 is 0 Å². The monoisotopic (exact) mass is 343 g/mol. The molecule has 4 heteroatoms. The van der Waals surface area contributed by atoms with Crippen molar-refractivity contribution in [1.29, 1.82) is 0 Å². The minimum absolute atomic E-state index is 0.175. The lowest BCUT2D eigenvalue weighted by Gasteiger charge is -2.37. The number of likely N-dealkylation sites (tertiary alicyclic amines) is 1. The molecule has 0 aromatic heterocycles. The summed E-state index contributed by atoms with van der Waals surface area (Å²) in [7, 11) is 0. The van der Waals surface area contributed by atoms with Crippen molar-refractivity contribution in [3.8, 4) is 0 Å². The lowest BCUT2D eigenvalue weighted by Crippen LogP contribution is -2.41. The van der Waals surface area contributed by atoms with E-state index in [0.29, 0.717) is 19.7 Å². The third kappa shape index (κ3) is 3.59. The highest BCUT2D eigenvalue weighted by Gasteiger charge is 2.50. The molecule has 0 N–H and O–H groups in total. The molecule has 0 unspecified atom stereocenters. The van der Waals surface area contributed by atoms with Crippen LogP contribution in [0.1, 0.15) is 64.2 Å². The van der Waals surface area contributed by atoms with Crippen molar-refractivity contribution in [2.24, 2.45) is 0 Å². The first-order valence-electron chi connectivity index (χ1n) is 8.98. The van der Waals surface area contributed by atoms with Crippen molar-refractivity contribution in [2.75, 3.05) is 13.1 Å². The summed E-state index contributed by atoms with van der Waals surface area (Å²) in [5, 5.41) is 0. The lowest BCUT2D eigenvalue weighted by molar-refractivity contribution is -0.0575. The summed E-state index contributed by atoms with van der Waals surface area (Å²) < 4.78 is 11.8. The van der Waals surface area contributed by atoms with Gasteiger partial charge in [0.25, 0.3) is 0 Å². The first kappa shape index (κ1) is 18.0. The summed E-state index contributed by atoms with van der Waals surface area (Å²) in [6.45, 7) is 13.8. The summed E-state index contributed by atoms with van der Waals surface area (Å²) in [6, 6.07) is 6.43. The van der Waals surface area contributed by atoms with Crippen LogP contribution in [0.15, 0.2) is 23.8 Å².